The van der Waals surface area contributed by atoms with E-state index in [0.717, 1.165) is 18.5 Å². The van der Waals surface area contributed by atoms with E-state index in [4.69, 9.17) is 11.6 Å². The van der Waals surface area contributed by atoms with Crippen molar-refractivity contribution in [2.45, 2.75) is 18.8 Å². The standard InChI is InChI=1S/C12H10BrClN2O/c13-10-11(7-5-6-7)15-16(12(10)17)9-4-2-1-3-8(9)14/h1-4,7,15H,5-6H2. The molecule has 88 valence electrons. The monoisotopic (exact) mass is 312 g/mol. The Kier molecular flexibility index (Phi) is 2.64. The number of benzene rings is 1. The Morgan fingerprint density at radius 2 is 2.06 bits per heavy atom. The molecule has 2 aromatic rings. The molecule has 0 atom stereocenters. The summed E-state index contributed by atoms with van der Waals surface area (Å²) in [4.78, 5) is 12.1. The largest absolute Gasteiger partial charge is 0.294 e. The minimum Gasteiger partial charge on any atom is -0.294 e. The fourth-order valence-corrected chi connectivity index (χ4v) is 2.69. The van der Waals surface area contributed by atoms with E-state index in [9.17, 15) is 4.79 Å². The highest BCUT2D eigenvalue weighted by Crippen LogP contribution is 2.41. The summed E-state index contributed by atoms with van der Waals surface area (Å²) in [5, 5.41) is 3.70. The number of halogens is 2. The molecule has 1 aliphatic carbocycles. The summed E-state index contributed by atoms with van der Waals surface area (Å²) < 4.78 is 2.12. The molecule has 0 saturated heterocycles. The number of para-hydroxylation sites is 1. The predicted octanol–water partition coefficient (Wildman–Crippen LogP) is 3.46. The van der Waals surface area contributed by atoms with Crippen molar-refractivity contribution in [3.05, 3.63) is 49.8 Å². The first-order valence-corrected chi connectivity index (χ1v) is 6.61. The zero-order valence-corrected chi connectivity index (χ0v) is 11.3. The van der Waals surface area contributed by atoms with Gasteiger partial charge in [0.25, 0.3) is 5.56 Å². The summed E-state index contributed by atoms with van der Waals surface area (Å²) in [5.41, 5.74) is 1.58. The highest BCUT2D eigenvalue weighted by molar-refractivity contribution is 9.10. The van der Waals surface area contributed by atoms with Crippen LogP contribution in [0, 0.1) is 0 Å². The van der Waals surface area contributed by atoms with Crippen LogP contribution in [0.15, 0.2) is 33.5 Å². The van der Waals surface area contributed by atoms with Crippen LogP contribution in [0.4, 0.5) is 0 Å². The van der Waals surface area contributed by atoms with Crippen molar-refractivity contribution < 1.29 is 0 Å². The Morgan fingerprint density at radius 1 is 1.35 bits per heavy atom. The molecule has 3 nitrogen and oxygen atoms in total. The molecule has 5 heteroatoms. The second-order valence-electron chi connectivity index (χ2n) is 4.21. The molecule has 1 saturated carbocycles. The molecule has 0 spiro atoms. The van der Waals surface area contributed by atoms with E-state index in [2.05, 4.69) is 21.0 Å². The first-order valence-electron chi connectivity index (χ1n) is 5.44. The Hall–Kier alpha value is -1.00. The fraction of sp³-hybridized carbons (Fsp3) is 0.250. The van der Waals surface area contributed by atoms with Crippen LogP contribution in [0.1, 0.15) is 24.5 Å². The van der Waals surface area contributed by atoms with Gasteiger partial charge in [-0.05, 0) is 40.9 Å². The van der Waals surface area contributed by atoms with Crippen molar-refractivity contribution in [3.63, 3.8) is 0 Å². The van der Waals surface area contributed by atoms with Gasteiger partial charge in [0.05, 0.1) is 16.4 Å². The number of aromatic amines is 1. The third-order valence-electron chi connectivity index (χ3n) is 2.94. The molecular formula is C12H10BrClN2O. The van der Waals surface area contributed by atoms with Gasteiger partial charge in [0.1, 0.15) is 4.47 Å². The number of aromatic nitrogens is 2. The smallest absolute Gasteiger partial charge is 0.285 e. The van der Waals surface area contributed by atoms with E-state index < -0.39 is 0 Å². The average molecular weight is 314 g/mol. The zero-order valence-electron chi connectivity index (χ0n) is 8.91. The average Bonchev–Trinajstić information content (AvgIpc) is 3.11. The minimum absolute atomic E-state index is 0.0833. The van der Waals surface area contributed by atoms with Gasteiger partial charge in [0.2, 0.25) is 0 Å². The summed E-state index contributed by atoms with van der Waals surface area (Å²) in [6.07, 6.45) is 2.28. The van der Waals surface area contributed by atoms with E-state index in [-0.39, 0.29) is 5.56 Å². The lowest BCUT2D eigenvalue weighted by molar-refractivity contribution is 0.816. The first kappa shape index (κ1) is 11.1. The molecule has 0 aliphatic heterocycles. The molecule has 0 amide bonds. The van der Waals surface area contributed by atoms with Crippen LogP contribution in [0.5, 0.6) is 0 Å². The molecule has 1 N–H and O–H groups in total. The third kappa shape index (κ3) is 1.85. The quantitative estimate of drug-likeness (QED) is 0.906. The molecule has 17 heavy (non-hydrogen) atoms. The van der Waals surface area contributed by atoms with Crippen molar-refractivity contribution in [3.8, 4) is 5.69 Å². The molecule has 3 rings (SSSR count). The lowest BCUT2D eigenvalue weighted by atomic mass is 10.3. The number of hydrogen-bond donors (Lipinski definition) is 1. The van der Waals surface area contributed by atoms with Crippen molar-refractivity contribution in [1.82, 2.24) is 9.78 Å². The van der Waals surface area contributed by atoms with E-state index in [1.807, 2.05) is 18.2 Å². The number of nitrogens with one attached hydrogen (secondary N) is 1. The predicted molar refractivity (Wildman–Crippen MR) is 71.1 cm³/mol. The van der Waals surface area contributed by atoms with Crippen LogP contribution >= 0.6 is 27.5 Å². The zero-order chi connectivity index (χ0) is 12.0. The number of hydrogen-bond acceptors (Lipinski definition) is 1. The van der Waals surface area contributed by atoms with Crippen molar-refractivity contribution in [2.75, 3.05) is 0 Å². The summed E-state index contributed by atoms with van der Waals surface area (Å²) in [5.74, 6) is 0.487. The van der Waals surface area contributed by atoms with Gasteiger partial charge >= 0.3 is 0 Å². The molecule has 1 fully saturated rings. The topological polar surface area (TPSA) is 37.8 Å². The van der Waals surface area contributed by atoms with Gasteiger partial charge in [0, 0.05) is 5.92 Å². The van der Waals surface area contributed by atoms with E-state index in [0.29, 0.717) is 21.1 Å². The van der Waals surface area contributed by atoms with Gasteiger partial charge in [-0.15, -0.1) is 0 Å². The highest BCUT2D eigenvalue weighted by Gasteiger charge is 2.29. The van der Waals surface area contributed by atoms with Crippen molar-refractivity contribution in [1.29, 1.82) is 0 Å². The van der Waals surface area contributed by atoms with E-state index >= 15 is 0 Å². The summed E-state index contributed by atoms with van der Waals surface area (Å²) >= 11 is 9.45. The van der Waals surface area contributed by atoms with Crippen LogP contribution in [0.2, 0.25) is 5.02 Å². The van der Waals surface area contributed by atoms with Gasteiger partial charge < -0.3 is 0 Å². The van der Waals surface area contributed by atoms with Crippen LogP contribution in [0.3, 0.4) is 0 Å². The molecule has 0 radical (unpaired) electrons. The fourth-order valence-electron chi connectivity index (χ4n) is 1.88. The van der Waals surface area contributed by atoms with E-state index in [1.54, 1.807) is 6.07 Å². The van der Waals surface area contributed by atoms with Gasteiger partial charge in [0.15, 0.2) is 0 Å². The minimum atomic E-state index is -0.0833. The van der Waals surface area contributed by atoms with E-state index in [1.165, 1.54) is 4.68 Å². The van der Waals surface area contributed by atoms with Crippen molar-refractivity contribution in [2.24, 2.45) is 0 Å². The maximum atomic E-state index is 12.1. The van der Waals surface area contributed by atoms with Crippen LogP contribution < -0.4 is 5.56 Å². The number of H-pyrrole nitrogens is 1. The maximum absolute atomic E-state index is 12.1. The molecule has 0 bridgehead atoms. The Morgan fingerprint density at radius 3 is 2.71 bits per heavy atom. The van der Waals surface area contributed by atoms with Gasteiger partial charge in [-0.25, -0.2) is 4.68 Å². The lowest BCUT2D eigenvalue weighted by Crippen LogP contribution is -2.14. The molecule has 1 heterocycles. The Labute approximate surface area is 112 Å². The van der Waals surface area contributed by atoms with Crippen molar-refractivity contribution >= 4 is 27.5 Å². The third-order valence-corrected chi connectivity index (χ3v) is 4.02. The molecular weight excluding hydrogens is 304 g/mol. The van der Waals surface area contributed by atoms with Gasteiger partial charge in [-0.2, -0.15) is 0 Å². The number of rotatable bonds is 2. The first-order chi connectivity index (χ1) is 8.18. The summed E-state index contributed by atoms with van der Waals surface area (Å²) in [7, 11) is 0. The SMILES string of the molecule is O=c1c(Br)c(C2CC2)[nH]n1-c1ccccc1Cl. The normalized spacial score (nSPS) is 15.2. The lowest BCUT2D eigenvalue weighted by Gasteiger charge is -2.03. The molecule has 0 unspecified atom stereocenters. The number of nitrogens with zero attached hydrogens (tertiary/aromatic N) is 1. The summed E-state index contributed by atoms with van der Waals surface area (Å²) in [6.45, 7) is 0. The van der Waals surface area contributed by atoms with Gasteiger partial charge in [-0.3, -0.25) is 9.89 Å². The van der Waals surface area contributed by atoms with Crippen LogP contribution in [0.25, 0.3) is 5.69 Å². The Bertz CT molecular complexity index is 628. The molecule has 1 aromatic heterocycles. The van der Waals surface area contributed by atoms with Crippen LogP contribution in [-0.4, -0.2) is 9.78 Å². The Balaban J connectivity index is 2.18. The highest BCUT2D eigenvalue weighted by atomic mass is 79.9. The molecule has 1 aliphatic rings. The maximum Gasteiger partial charge on any atom is 0.285 e. The second kappa shape index (κ2) is 4.03. The molecule has 1 aromatic carbocycles. The van der Waals surface area contributed by atoms with Crippen LogP contribution in [-0.2, 0) is 0 Å². The second-order valence-corrected chi connectivity index (χ2v) is 5.41. The summed E-state index contributed by atoms with van der Waals surface area (Å²) in [6, 6.07) is 7.30. The van der Waals surface area contributed by atoms with Gasteiger partial charge in [-0.1, -0.05) is 23.7 Å².